The van der Waals surface area contributed by atoms with Gasteiger partial charge in [-0.2, -0.15) is 9.50 Å². The minimum atomic E-state index is -0.422. The zero-order chi connectivity index (χ0) is 18.1. The average Bonchev–Trinajstić information content (AvgIpc) is 3.06. The molecule has 0 fully saturated rings. The fourth-order valence-electron chi connectivity index (χ4n) is 2.77. The molecule has 1 unspecified atom stereocenters. The molecule has 6 nitrogen and oxygen atoms in total. The van der Waals surface area contributed by atoms with E-state index in [4.69, 9.17) is 0 Å². The van der Waals surface area contributed by atoms with E-state index in [-0.39, 0.29) is 29.5 Å². The lowest BCUT2D eigenvalue weighted by molar-refractivity contribution is 0.458. The van der Waals surface area contributed by atoms with Gasteiger partial charge in [0.15, 0.2) is 5.82 Å². The second kappa shape index (κ2) is 6.64. The zero-order valence-corrected chi connectivity index (χ0v) is 13.6. The van der Waals surface area contributed by atoms with Crippen molar-refractivity contribution >= 4 is 5.78 Å². The molecule has 1 atom stereocenters. The summed E-state index contributed by atoms with van der Waals surface area (Å²) >= 11 is 0. The first-order valence-electron chi connectivity index (χ1n) is 8.10. The van der Waals surface area contributed by atoms with E-state index in [0.717, 1.165) is 0 Å². The van der Waals surface area contributed by atoms with Crippen LogP contribution < -0.4 is 10.9 Å². The highest BCUT2D eigenvalue weighted by atomic mass is 19.1. The number of allylic oxidation sites excluding steroid dienone is 2. The Morgan fingerprint density at radius 1 is 1.23 bits per heavy atom. The Balaban J connectivity index is 1.60. The van der Waals surface area contributed by atoms with E-state index in [0.29, 0.717) is 23.5 Å². The van der Waals surface area contributed by atoms with Crippen LogP contribution in [-0.4, -0.2) is 25.6 Å². The molecule has 1 aromatic carbocycles. The minimum Gasteiger partial charge on any atom is -0.302 e. The van der Waals surface area contributed by atoms with Crippen LogP contribution in [0.3, 0.4) is 0 Å². The van der Waals surface area contributed by atoms with Crippen molar-refractivity contribution in [3.05, 3.63) is 76.3 Å². The van der Waals surface area contributed by atoms with Crippen LogP contribution in [0.4, 0.5) is 8.78 Å². The summed E-state index contributed by atoms with van der Waals surface area (Å²) in [4.78, 5) is 20.9. The smallest absolute Gasteiger partial charge is 0.274 e. The van der Waals surface area contributed by atoms with Gasteiger partial charge in [-0.05, 0) is 36.8 Å². The van der Waals surface area contributed by atoms with E-state index >= 15 is 0 Å². The summed E-state index contributed by atoms with van der Waals surface area (Å²) in [7, 11) is 0. The Kier molecular flexibility index (Phi) is 4.18. The third-order valence-corrected chi connectivity index (χ3v) is 4.13. The number of aromatic nitrogens is 4. The number of halogens is 2. The maximum Gasteiger partial charge on any atom is 0.274 e. The van der Waals surface area contributed by atoms with Crippen LogP contribution in [0.5, 0.6) is 0 Å². The third-order valence-electron chi connectivity index (χ3n) is 4.13. The first kappa shape index (κ1) is 16.3. The number of nitrogens with zero attached hydrogens (tertiary/aromatic N) is 3. The molecule has 1 aliphatic rings. The third kappa shape index (κ3) is 3.18. The lowest BCUT2D eigenvalue weighted by Crippen LogP contribution is -2.30. The zero-order valence-electron chi connectivity index (χ0n) is 13.6. The quantitative estimate of drug-likeness (QED) is 0.754. The highest BCUT2D eigenvalue weighted by molar-refractivity contribution is 5.56. The van der Waals surface area contributed by atoms with Crippen LogP contribution in [-0.2, 0) is 6.54 Å². The minimum absolute atomic E-state index is 0.202. The Bertz CT molecular complexity index is 1070. The molecule has 2 aromatic heterocycles. The van der Waals surface area contributed by atoms with Gasteiger partial charge >= 0.3 is 0 Å². The van der Waals surface area contributed by atoms with Crippen LogP contribution in [0, 0.1) is 5.82 Å². The van der Waals surface area contributed by atoms with E-state index in [2.05, 4.69) is 20.4 Å². The first-order chi connectivity index (χ1) is 12.6. The van der Waals surface area contributed by atoms with Crippen LogP contribution in [0.25, 0.3) is 17.2 Å². The molecule has 1 aliphatic carbocycles. The topological polar surface area (TPSA) is 75.1 Å². The second-order valence-corrected chi connectivity index (χ2v) is 5.95. The molecule has 0 saturated carbocycles. The molecule has 0 aliphatic heterocycles. The monoisotopic (exact) mass is 355 g/mol. The molecule has 2 N–H and O–H groups in total. The summed E-state index contributed by atoms with van der Waals surface area (Å²) in [6.45, 7) is 0.240. The van der Waals surface area contributed by atoms with Crippen LogP contribution in [0.15, 0.2) is 59.2 Å². The summed E-state index contributed by atoms with van der Waals surface area (Å²) in [6, 6.07) is 6.70. The van der Waals surface area contributed by atoms with Crippen LogP contribution >= 0.6 is 0 Å². The fraction of sp³-hybridized carbons (Fsp3) is 0.167. The number of fused-ring (bicyclic) bond motifs is 1. The van der Waals surface area contributed by atoms with Gasteiger partial charge in [-0.3, -0.25) is 9.89 Å². The molecule has 0 bridgehead atoms. The molecule has 2 heterocycles. The van der Waals surface area contributed by atoms with Crippen molar-refractivity contribution in [1.82, 2.24) is 24.9 Å². The van der Waals surface area contributed by atoms with Crippen LogP contribution in [0.1, 0.15) is 12.1 Å². The summed E-state index contributed by atoms with van der Waals surface area (Å²) in [5.74, 6) is 0.00954. The van der Waals surface area contributed by atoms with E-state index in [1.165, 1.54) is 28.8 Å². The van der Waals surface area contributed by atoms with Gasteiger partial charge in [-0.15, -0.1) is 0 Å². The van der Waals surface area contributed by atoms with Crippen molar-refractivity contribution in [3.8, 4) is 11.4 Å². The summed E-state index contributed by atoms with van der Waals surface area (Å²) < 4.78 is 28.0. The fourth-order valence-corrected chi connectivity index (χ4v) is 2.77. The van der Waals surface area contributed by atoms with Crippen molar-refractivity contribution < 1.29 is 8.78 Å². The number of benzene rings is 1. The van der Waals surface area contributed by atoms with Gasteiger partial charge in [0, 0.05) is 18.2 Å². The molecular weight excluding hydrogens is 340 g/mol. The van der Waals surface area contributed by atoms with E-state index < -0.39 is 6.04 Å². The van der Waals surface area contributed by atoms with Crippen molar-refractivity contribution in [2.24, 2.45) is 0 Å². The van der Waals surface area contributed by atoms with Gasteiger partial charge < -0.3 is 5.32 Å². The predicted molar refractivity (Wildman–Crippen MR) is 92.6 cm³/mol. The van der Waals surface area contributed by atoms with Crippen molar-refractivity contribution in [2.75, 3.05) is 0 Å². The largest absolute Gasteiger partial charge is 0.302 e. The lowest BCUT2D eigenvalue weighted by atomic mass is 10.1. The number of hydrogen-bond acceptors (Lipinski definition) is 4. The van der Waals surface area contributed by atoms with Gasteiger partial charge in [-0.1, -0.05) is 12.2 Å². The number of rotatable bonds is 4. The van der Waals surface area contributed by atoms with Gasteiger partial charge in [-0.25, -0.2) is 13.8 Å². The Morgan fingerprint density at radius 3 is 2.81 bits per heavy atom. The number of aromatic amines is 1. The Morgan fingerprint density at radius 2 is 2.04 bits per heavy atom. The highest BCUT2D eigenvalue weighted by Crippen LogP contribution is 2.16. The van der Waals surface area contributed by atoms with Crippen molar-refractivity contribution in [1.29, 1.82) is 0 Å². The molecule has 26 heavy (non-hydrogen) atoms. The maximum atomic E-state index is 13.7. The SMILES string of the molecule is O=c1cc(CNC2CC=CC=C2F)nc2nc(-c3ccc(F)cc3)[nH]n12. The van der Waals surface area contributed by atoms with Gasteiger partial charge in [0.2, 0.25) is 0 Å². The molecule has 8 heteroatoms. The molecule has 132 valence electrons. The van der Waals surface area contributed by atoms with Gasteiger partial charge in [0.1, 0.15) is 11.6 Å². The molecular formula is C18H15F2N5O. The molecule has 0 saturated heterocycles. The van der Waals surface area contributed by atoms with Gasteiger partial charge in [0.05, 0.1) is 11.7 Å². The van der Waals surface area contributed by atoms with Gasteiger partial charge in [0.25, 0.3) is 11.3 Å². The molecule has 0 spiro atoms. The number of hydrogen-bond donors (Lipinski definition) is 2. The Hall–Kier alpha value is -3.13. The highest BCUT2D eigenvalue weighted by Gasteiger charge is 2.15. The van der Waals surface area contributed by atoms with E-state index in [9.17, 15) is 13.6 Å². The first-order valence-corrected chi connectivity index (χ1v) is 8.10. The average molecular weight is 355 g/mol. The molecule has 0 radical (unpaired) electrons. The summed E-state index contributed by atoms with van der Waals surface area (Å²) in [5.41, 5.74) is 0.777. The van der Waals surface area contributed by atoms with E-state index in [1.807, 2.05) is 6.08 Å². The molecule has 0 amide bonds. The number of H-pyrrole nitrogens is 1. The molecule has 4 rings (SSSR count). The number of nitrogens with one attached hydrogen (secondary N) is 2. The van der Waals surface area contributed by atoms with Crippen molar-refractivity contribution in [2.45, 2.75) is 19.0 Å². The second-order valence-electron chi connectivity index (χ2n) is 5.95. The van der Waals surface area contributed by atoms with E-state index in [1.54, 1.807) is 18.2 Å². The van der Waals surface area contributed by atoms with Crippen molar-refractivity contribution in [3.63, 3.8) is 0 Å². The normalized spacial score (nSPS) is 16.8. The lowest BCUT2D eigenvalue weighted by Gasteiger charge is -2.17. The molecule has 3 aromatic rings. The maximum absolute atomic E-state index is 13.7. The predicted octanol–water partition coefficient (Wildman–Crippen LogP) is 2.50. The van der Waals surface area contributed by atoms with Crippen LogP contribution in [0.2, 0.25) is 0 Å². The standard InChI is InChI=1S/C18H15F2N5O/c19-12-7-5-11(6-8-12)17-23-18-22-13(9-16(26)25(18)24-17)10-21-15-4-2-1-3-14(15)20/h1-3,5-9,15,21H,4,10H2,(H,22,23,24). The summed E-state index contributed by atoms with van der Waals surface area (Å²) in [5, 5.41) is 5.89. The summed E-state index contributed by atoms with van der Waals surface area (Å²) in [6.07, 6.45) is 5.50. The Labute approximate surface area is 146 Å².